The lowest BCUT2D eigenvalue weighted by Gasteiger charge is -2.61. The summed E-state index contributed by atoms with van der Waals surface area (Å²) in [5.41, 5.74) is 6.73. The summed E-state index contributed by atoms with van der Waals surface area (Å²) in [7, 11) is 1.45. The Morgan fingerprint density at radius 1 is 1.06 bits per heavy atom. The lowest BCUT2D eigenvalue weighted by molar-refractivity contribution is -0.117. The zero-order chi connectivity index (χ0) is 22.2. The van der Waals surface area contributed by atoms with Crippen molar-refractivity contribution in [3.8, 4) is 0 Å². The summed E-state index contributed by atoms with van der Waals surface area (Å²) < 4.78 is 4.80. The summed E-state index contributed by atoms with van der Waals surface area (Å²) in [4.78, 5) is 11.6. The molecule has 0 bridgehead atoms. The van der Waals surface area contributed by atoms with Crippen LogP contribution in [0.3, 0.4) is 0 Å². The van der Waals surface area contributed by atoms with E-state index in [0.29, 0.717) is 22.8 Å². The van der Waals surface area contributed by atoms with Gasteiger partial charge in [0.25, 0.3) is 0 Å². The summed E-state index contributed by atoms with van der Waals surface area (Å²) in [5.74, 6) is 4.84. The molecule has 4 aliphatic rings. The van der Waals surface area contributed by atoms with Crippen LogP contribution in [0.1, 0.15) is 78.6 Å². The largest absolute Gasteiger partial charge is 0.453 e. The van der Waals surface area contributed by atoms with Gasteiger partial charge in [0.15, 0.2) is 0 Å². The Balaban J connectivity index is 1.43. The first-order valence-electron chi connectivity index (χ1n) is 13.1. The van der Waals surface area contributed by atoms with Crippen LogP contribution in [-0.4, -0.2) is 38.9 Å². The van der Waals surface area contributed by atoms with Crippen molar-refractivity contribution in [2.75, 3.05) is 26.7 Å². The zero-order valence-electron chi connectivity index (χ0n) is 20.4. The molecular formula is C26H47N3O2. The van der Waals surface area contributed by atoms with E-state index in [1.54, 1.807) is 0 Å². The SMILES string of the molecule is COC(=O)NCC(C)C1CCC2C3CCC4CC(NCCN)CCC4(C)C3CCC12C. The number of fused-ring (bicyclic) bond motifs is 5. The second-order valence-electron chi connectivity index (χ2n) is 11.9. The molecule has 5 heteroatoms. The normalized spacial score (nSPS) is 45.2. The molecule has 4 aliphatic carbocycles. The van der Waals surface area contributed by atoms with Gasteiger partial charge < -0.3 is 21.1 Å². The third-order valence-electron chi connectivity index (χ3n) is 10.8. The molecule has 0 saturated heterocycles. The fourth-order valence-electron chi connectivity index (χ4n) is 9.16. The maximum Gasteiger partial charge on any atom is 0.406 e. The summed E-state index contributed by atoms with van der Waals surface area (Å²) in [5, 5.41) is 6.68. The molecule has 0 radical (unpaired) electrons. The van der Waals surface area contributed by atoms with Gasteiger partial charge in [0, 0.05) is 25.7 Å². The van der Waals surface area contributed by atoms with E-state index < -0.39 is 0 Å². The summed E-state index contributed by atoms with van der Waals surface area (Å²) in [6, 6.07) is 0.686. The van der Waals surface area contributed by atoms with Gasteiger partial charge in [-0.15, -0.1) is 0 Å². The predicted octanol–water partition coefficient (Wildman–Crippen LogP) is 4.55. The van der Waals surface area contributed by atoms with E-state index in [2.05, 4.69) is 31.4 Å². The standard InChI is InChI=1S/C26H47N3O2/c1-17(16-29-24(30)31-4)21-7-8-22-20-6-5-18-15-19(28-14-13-27)9-11-25(18,2)23(20)10-12-26(21,22)3/h17-23,28H,5-16,27H2,1-4H3,(H,29,30). The van der Waals surface area contributed by atoms with Crippen molar-refractivity contribution in [1.82, 2.24) is 10.6 Å². The molecule has 4 saturated carbocycles. The number of hydrogen-bond acceptors (Lipinski definition) is 4. The molecule has 0 aromatic rings. The molecule has 0 aromatic carbocycles. The van der Waals surface area contributed by atoms with Gasteiger partial charge in [-0.2, -0.15) is 0 Å². The van der Waals surface area contributed by atoms with Crippen LogP contribution in [0.25, 0.3) is 0 Å². The Labute approximate surface area is 190 Å². The molecule has 4 N–H and O–H groups in total. The molecule has 31 heavy (non-hydrogen) atoms. The molecular weight excluding hydrogens is 386 g/mol. The number of ether oxygens (including phenoxy) is 1. The smallest absolute Gasteiger partial charge is 0.406 e. The lowest BCUT2D eigenvalue weighted by Crippen LogP contribution is -2.55. The lowest BCUT2D eigenvalue weighted by atomic mass is 9.44. The minimum absolute atomic E-state index is 0.293. The quantitative estimate of drug-likeness (QED) is 0.574. The highest BCUT2D eigenvalue weighted by molar-refractivity contribution is 5.66. The van der Waals surface area contributed by atoms with Crippen molar-refractivity contribution < 1.29 is 9.53 Å². The topological polar surface area (TPSA) is 76.4 Å². The van der Waals surface area contributed by atoms with Gasteiger partial charge in [0.2, 0.25) is 0 Å². The predicted molar refractivity (Wildman–Crippen MR) is 126 cm³/mol. The van der Waals surface area contributed by atoms with Crippen LogP contribution in [-0.2, 0) is 4.74 Å². The Morgan fingerprint density at radius 3 is 2.55 bits per heavy atom. The first-order valence-corrected chi connectivity index (χ1v) is 13.1. The number of amides is 1. The summed E-state index contributed by atoms with van der Waals surface area (Å²) in [6.07, 6.45) is 12.2. The Hall–Kier alpha value is -0.810. The second kappa shape index (κ2) is 9.21. The molecule has 4 rings (SSSR count). The van der Waals surface area contributed by atoms with Crippen LogP contribution in [0.5, 0.6) is 0 Å². The fourth-order valence-corrected chi connectivity index (χ4v) is 9.16. The Kier molecular flexibility index (Phi) is 6.94. The molecule has 178 valence electrons. The maximum absolute atomic E-state index is 11.6. The third kappa shape index (κ3) is 4.14. The van der Waals surface area contributed by atoms with E-state index in [0.717, 1.165) is 49.2 Å². The highest BCUT2D eigenvalue weighted by Crippen LogP contribution is 2.68. The van der Waals surface area contributed by atoms with E-state index in [1.165, 1.54) is 64.9 Å². The Morgan fingerprint density at radius 2 is 1.81 bits per heavy atom. The number of nitrogens with two attached hydrogens (primary N) is 1. The van der Waals surface area contributed by atoms with Crippen molar-refractivity contribution >= 4 is 6.09 Å². The molecule has 0 aromatic heterocycles. The van der Waals surface area contributed by atoms with Crippen molar-refractivity contribution in [2.45, 2.75) is 84.6 Å². The van der Waals surface area contributed by atoms with Crippen molar-refractivity contribution in [2.24, 2.45) is 52.1 Å². The number of rotatable bonds is 6. The van der Waals surface area contributed by atoms with Crippen molar-refractivity contribution in [3.05, 3.63) is 0 Å². The van der Waals surface area contributed by atoms with E-state index in [9.17, 15) is 4.79 Å². The van der Waals surface area contributed by atoms with E-state index >= 15 is 0 Å². The Bertz CT molecular complexity index is 642. The molecule has 5 nitrogen and oxygen atoms in total. The highest BCUT2D eigenvalue weighted by Gasteiger charge is 2.60. The molecule has 0 heterocycles. The number of alkyl carbamates (subject to hydrolysis) is 1. The molecule has 9 atom stereocenters. The minimum Gasteiger partial charge on any atom is -0.453 e. The number of nitrogens with one attached hydrogen (secondary N) is 2. The average Bonchev–Trinajstić information content (AvgIpc) is 3.13. The van der Waals surface area contributed by atoms with Gasteiger partial charge in [0.1, 0.15) is 0 Å². The van der Waals surface area contributed by atoms with Crippen LogP contribution >= 0.6 is 0 Å². The number of methoxy groups -OCH3 is 1. The van der Waals surface area contributed by atoms with Gasteiger partial charge in [-0.25, -0.2) is 4.79 Å². The number of hydrogen-bond donors (Lipinski definition) is 3. The molecule has 9 unspecified atom stereocenters. The van der Waals surface area contributed by atoms with Crippen molar-refractivity contribution in [3.63, 3.8) is 0 Å². The van der Waals surface area contributed by atoms with Crippen LogP contribution in [0.4, 0.5) is 4.79 Å². The first-order chi connectivity index (χ1) is 14.8. The average molecular weight is 434 g/mol. The van der Waals surface area contributed by atoms with Gasteiger partial charge in [-0.05, 0) is 104 Å². The number of carbonyl (C=O) groups is 1. The van der Waals surface area contributed by atoms with Gasteiger partial charge in [-0.1, -0.05) is 20.8 Å². The van der Waals surface area contributed by atoms with E-state index in [-0.39, 0.29) is 6.09 Å². The maximum atomic E-state index is 11.6. The van der Waals surface area contributed by atoms with Gasteiger partial charge >= 0.3 is 6.09 Å². The van der Waals surface area contributed by atoms with Gasteiger partial charge in [-0.3, -0.25) is 0 Å². The molecule has 0 spiro atoms. The molecule has 0 aliphatic heterocycles. The first kappa shape index (κ1) is 23.4. The summed E-state index contributed by atoms with van der Waals surface area (Å²) >= 11 is 0. The minimum atomic E-state index is -0.293. The van der Waals surface area contributed by atoms with E-state index in [4.69, 9.17) is 10.5 Å². The number of carbonyl (C=O) groups excluding carboxylic acids is 1. The summed E-state index contributed by atoms with van der Waals surface area (Å²) in [6.45, 7) is 10.1. The van der Waals surface area contributed by atoms with Gasteiger partial charge in [0.05, 0.1) is 7.11 Å². The van der Waals surface area contributed by atoms with Crippen molar-refractivity contribution in [1.29, 1.82) is 0 Å². The van der Waals surface area contributed by atoms with E-state index in [1.807, 2.05) is 0 Å². The molecule has 1 amide bonds. The second-order valence-corrected chi connectivity index (χ2v) is 11.9. The zero-order valence-corrected chi connectivity index (χ0v) is 20.4. The monoisotopic (exact) mass is 433 g/mol. The third-order valence-corrected chi connectivity index (χ3v) is 10.8. The van der Waals surface area contributed by atoms with Crippen LogP contribution < -0.4 is 16.4 Å². The fraction of sp³-hybridized carbons (Fsp3) is 0.962. The van der Waals surface area contributed by atoms with Crippen LogP contribution in [0.2, 0.25) is 0 Å². The highest BCUT2D eigenvalue weighted by atomic mass is 16.5. The molecule has 4 fully saturated rings. The van der Waals surface area contributed by atoms with Crippen LogP contribution in [0, 0.1) is 46.3 Å². The van der Waals surface area contributed by atoms with Crippen LogP contribution in [0.15, 0.2) is 0 Å².